The first-order chi connectivity index (χ1) is 15.3. The summed E-state index contributed by atoms with van der Waals surface area (Å²) >= 11 is 0. The summed E-state index contributed by atoms with van der Waals surface area (Å²) in [6, 6.07) is 5.51. The summed E-state index contributed by atoms with van der Waals surface area (Å²) in [6.07, 6.45) is 3.37. The minimum absolute atomic E-state index is 0.108. The first kappa shape index (κ1) is 22.2. The number of rotatable bonds is 6. The molecule has 0 N–H and O–H groups in total. The number of nitrogens with zero attached hydrogens (tertiary/aromatic N) is 5. The molecule has 1 aromatic carbocycles. The molecule has 0 fully saturated rings. The second-order valence-corrected chi connectivity index (χ2v) is 8.71. The molecule has 3 aromatic rings. The van der Waals surface area contributed by atoms with Crippen LogP contribution in [0.4, 0.5) is 8.78 Å². The first-order valence-electron chi connectivity index (χ1n) is 10.7. The molecule has 6 nitrogen and oxygen atoms in total. The van der Waals surface area contributed by atoms with Gasteiger partial charge in [-0.25, -0.2) is 8.78 Å². The van der Waals surface area contributed by atoms with Crippen LogP contribution in [0.2, 0.25) is 0 Å². The second kappa shape index (κ2) is 8.50. The van der Waals surface area contributed by atoms with E-state index in [1.165, 1.54) is 18.2 Å². The standard InChI is InChI=1S/C24H27F2N5O/c1-6-15-12-24(7-2,23-30-28-20(32-23)13-31(4)5)22-16(14(15)3)11-19(27-29-22)21-17(25)9-8-10-18(21)26/h7-11,14-15H,2,6,12-13H2,1,3-5H3/t14-,15?,24-/m0/s1. The number of aromatic nitrogens is 4. The van der Waals surface area contributed by atoms with Crippen LogP contribution in [0.3, 0.4) is 0 Å². The Hall–Kier alpha value is -3.00. The molecule has 0 radical (unpaired) electrons. The molecule has 0 amide bonds. The molecule has 1 aliphatic carbocycles. The Bertz CT molecular complexity index is 1120. The van der Waals surface area contributed by atoms with Gasteiger partial charge in [-0.2, -0.15) is 5.10 Å². The van der Waals surface area contributed by atoms with Crippen LogP contribution >= 0.6 is 0 Å². The highest BCUT2D eigenvalue weighted by Gasteiger charge is 2.48. The predicted molar refractivity (Wildman–Crippen MR) is 117 cm³/mol. The third-order valence-electron chi connectivity index (χ3n) is 6.42. The molecule has 0 bridgehead atoms. The Morgan fingerprint density at radius 2 is 1.91 bits per heavy atom. The third-order valence-corrected chi connectivity index (χ3v) is 6.42. The molecule has 2 heterocycles. The molecular weight excluding hydrogens is 412 g/mol. The molecule has 1 aliphatic rings. The maximum atomic E-state index is 14.4. The highest BCUT2D eigenvalue weighted by Crippen LogP contribution is 2.50. The Morgan fingerprint density at radius 1 is 1.19 bits per heavy atom. The van der Waals surface area contributed by atoms with Gasteiger partial charge < -0.3 is 9.32 Å². The predicted octanol–water partition coefficient (Wildman–Crippen LogP) is 4.87. The Kier molecular flexibility index (Phi) is 5.90. The Morgan fingerprint density at radius 3 is 2.53 bits per heavy atom. The van der Waals surface area contributed by atoms with Gasteiger partial charge in [0.25, 0.3) is 0 Å². The number of hydrogen-bond acceptors (Lipinski definition) is 6. The smallest absolute Gasteiger partial charge is 0.232 e. The van der Waals surface area contributed by atoms with Gasteiger partial charge >= 0.3 is 0 Å². The summed E-state index contributed by atoms with van der Waals surface area (Å²) in [7, 11) is 3.85. The van der Waals surface area contributed by atoms with Gasteiger partial charge in [0, 0.05) is 0 Å². The average Bonchev–Trinajstić information content (AvgIpc) is 3.22. The summed E-state index contributed by atoms with van der Waals surface area (Å²) in [5, 5.41) is 17.2. The molecule has 4 rings (SSSR count). The van der Waals surface area contributed by atoms with Crippen molar-refractivity contribution in [3.8, 4) is 11.3 Å². The zero-order chi connectivity index (χ0) is 23.0. The lowest BCUT2D eigenvalue weighted by Crippen LogP contribution is -2.38. The SMILES string of the molecule is C=C[C@]1(c2nnc(CN(C)C)o2)CC(CC)[C@H](C)c2cc(-c3c(F)cccc3F)nnc21. The van der Waals surface area contributed by atoms with Crippen molar-refractivity contribution in [2.75, 3.05) is 14.1 Å². The zero-order valence-electron chi connectivity index (χ0n) is 18.8. The van der Waals surface area contributed by atoms with Crippen LogP contribution < -0.4 is 0 Å². The van der Waals surface area contributed by atoms with Crippen molar-refractivity contribution < 1.29 is 13.2 Å². The van der Waals surface area contributed by atoms with Gasteiger partial charge in [0.15, 0.2) is 0 Å². The van der Waals surface area contributed by atoms with Gasteiger partial charge in [0.2, 0.25) is 11.8 Å². The van der Waals surface area contributed by atoms with Crippen LogP contribution in [-0.4, -0.2) is 39.4 Å². The van der Waals surface area contributed by atoms with E-state index in [2.05, 4.69) is 40.8 Å². The molecule has 0 aliphatic heterocycles. The van der Waals surface area contributed by atoms with E-state index in [1.54, 1.807) is 12.1 Å². The molecule has 2 aromatic heterocycles. The number of fused-ring (bicyclic) bond motifs is 1. The summed E-state index contributed by atoms with van der Waals surface area (Å²) in [4.78, 5) is 1.94. The van der Waals surface area contributed by atoms with Crippen LogP contribution in [0.5, 0.6) is 0 Å². The van der Waals surface area contributed by atoms with E-state index in [0.717, 1.165) is 12.0 Å². The number of hydrogen-bond donors (Lipinski definition) is 0. The van der Waals surface area contributed by atoms with Crippen molar-refractivity contribution in [3.63, 3.8) is 0 Å². The molecule has 3 atom stereocenters. The third kappa shape index (κ3) is 3.62. The highest BCUT2D eigenvalue weighted by molar-refractivity contribution is 5.62. The van der Waals surface area contributed by atoms with Crippen LogP contribution in [0.25, 0.3) is 11.3 Å². The van der Waals surface area contributed by atoms with Gasteiger partial charge in [-0.05, 0) is 56.1 Å². The molecule has 32 heavy (non-hydrogen) atoms. The quantitative estimate of drug-likeness (QED) is 0.511. The van der Waals surface area contributed by atoms with Crippen molar-refractivity contribution >= 4 is 0 Å². The van der Waals surface area contributed by atoms with Crippen molar-refractivity contribution in [3.05, 3.63) is 71.6 Å². The average molecular weight is 440 g/mol. The van der Waals surface area contributed by atoms with E-state index in [-0.39, 0.29) is 23.1 Å². The van der Waals surface area contributed by atoms with Crippen LogP contribution in [0.1, 0.15) is 55.6 Å². The van der Waals surface area contributed by atoms with E-state index >= 15 is 0 Å². The van der Waals surface area contributed by atoms with Crippen LogP contribution in [-0.2, 0) is 12.0 Å². The van der Waals surface area contributed by atoms with E-state index in [0.29, 0.717) is 30.4 Å². The number of halogens is 2. The van der Waals surface area contributed by atoms with E-state index in [1.807, 2.05) is 19.0 Å². The second-order valence-electron chi connectivity index (χ2n) is 8.71. The monoisotopic (exact) mass is 439 g/mol. The molecule has 1 unspecified atom stereocenters. The lowest BCUT2D eigenvalue weighted by Gasteiger charge is -2.40. The fraction of sp³-hybridized carbons (Fsp3) is 0.417. The van der Waals surface area contributed by atoms with E-state index in [4.69, 9.17) is 4.42 Å². The first-order valence-corrected chi connectivity index (χ1v) is 10.7. The minimum atomic E-state index is -0.820. The summed E-state index contributed by atoms with van der Waals surface area (Å²) < 4.78 is 34.9. The molecular formula is C24H27F2N5O. The molecule has 8 heteroatoms. The molecule has 0 saturated carbocycles. The van der Waals surface area contributed by atoms with Gasteiger partial charge in [0.1, 0.15) is 17.0 Å². The Labute approximate surface area is 186 Å². The van der Waals surface area contributed by atoms with Crippen molar-refractivity contribution in [2.24, 2.45) is 5.92 Å². The zero-order valence-corrected chi connectivity index (χ0v) is 18.8. The minimum Gasteiger partial charge on any atom is -0.422 e. The molecule has 168 valence electrons. The topological polar surface area (TPSA) is 67.9 Å². The largest absolute Gasteiger partial charge is 0.422 e. The van der Waals surface area contributed by atoms with Gasteiger partial charge in [-0.3, -0.25) is 0 Å². The summed E-state index contributed by atoms with van der Waals surface area (Å²) in [5.41, 5.74) is 0.677. The molecule has 0 spiro atoms. The fourth-order valence-electron chi connectivity index (χ4n) is 4.63. The van der Waals surface area contributed by atoms with E-state index in [9.17, 15) is 8.78 Å². The lowest BCUT2D eigenvalue weighted by molar-refractivity contribution is 0.262. The normalized spacial score (nSPS) is 22.7. The van der Waals surface area contributed by atoms with Crippen molar-refractivity contribution in [1.29, 1.82) is 0 Å². The lowest BCUT2D eigenvalue weighted by atomic mass is 9.63. The Balaban J connectivity index is 1.89. The maximum absolute atomic E-state index is 14.4. The number of benzene rings is 1. The summed E-state index contributed by atoms with van der Waals surface area (Å²) in [5.74, 6) is -0.0685. The van der Waals surface area contributed by atoms with Crippen molar-refractivity contribution in [1.82, 2.24) is 25.3 Å². The number of allylic oxidation sites excluding steroid dienone is 1. The van der Waals surface area contributed by atoms with Gasteiger partial charge in [0.05, 0.1) is 23.5 Å². The van der Waals surface area contributed by atoms with Gasteiger partial charge in [-0.15, -0.1) is 21.9 Å². The molecule has 0 saturated heterocycles. The summed E-state index contributed by atoms with van der Waals surface area (Å²) in [6.45, 7) is 8.82. The highest BCUT2D eigenvalue weighted by atomic mass is 19.1. The van der Waals surface area contributed by atoms with Crippen molar-refractivity contribution in [2.45, 2.75) is 44.6 Å². The van der Waals surface area contributed by atoms with Gasteiger partial charge in [-0.1, -0.05) is 32.4 Å². The van der Waals surface area contributed by atoms with Crippen LogP contribution in [0.15, 0.2) is 41.3 Å². The fourth-order valence-corrected chi connectivity index (χ4v) is 4.63. The van der Waals surface area contributed by atoms with Crippen LogP contribution in [0, 0.1) is 17.6 Å². The maximum Gasteiger partial charge on any atom is 0.232 e. The van der Waals surface area contributed by atoms with E-state index < -0.39 is 17.0 Å².